The third kappa shape index (κ3) is 5.78. The number of thiophene rings is 1. The van der Waals surface area contributed by atoms with Crippen molar-refractivity contribution in [2.45, 2.75) is 46.3 Å². The zero-order chi connectivity index (χ0) is 24.1. The van der Waals surface area contributed by atoms with Gasteiger partial charge in [0.1, 0.15) is 6.54 Å². The van der Waals surface area contributed by atoms with Crippen molar-refractivity contribution >= 4 is 23.2 Å². The molecule has 0 bridgehead atoms. The molecule has 7 heteroatoms. The SMILES string of the molecule is Cc1ccsc1CN(Cc1ccc2c(c1)OCO2)C(=O)CN(C(=O)Cc1ccccc1)C(C)C. The molecule has 2 amide bonds. The number of carbonyl (C=O) groups excluding carboxylic acids is 2. The molecule has 1 aromatic heterocycles. The first-order valence-electron chi connectivity index (χ1n) is 11.4. The van der Waals surface area contributed by atoms with Crippen LogP contribution in [0.2, 0.25) is 0 Å². The van der Waals surface area contributed by atoms with Crippen molar-refractivity contribution in [3.63, 3.8) is 0 Å². The Balaban J connectivity index is 1.52. The second-order valence-corrected chi connectivity index (χ2v) is 9.74. The summed E-state index contributed by atoms with van der Waals surface area (Å²) < 4.78 is 10.9. The van der Waals surface area contributed by atoms with Crippen molar-refractivity contribution in [1.29, 1.82) is 0 Å². The van der Waals surface area contributed by atoms with E-state index in [0.717, 1.165) is 21.6 Å². The third-order valence-corrected chi connectivity index (χ3v) is 6.92. The molecule has 0 saturated heterocycles. The highest BCUT2D eigenvalue weighted by atomic mass is 32.1. The number of fused-ring (bicyclic) bond motifs is 1. The number of rotatable bonds is 9. The van der Waals surface area contributed by atoms with E-state index in [1.54, 1.807) is 16.2 Å². The number of carbonyl (C=O) groups is 2. The summed E-state index contributed by atoms with van der Waals surface area (Å²) in [7, 11) is 0. The maximum atomic E-state index is 13.6. The highest BCUT2D eigenvalue weighted by molar-refractivity contribution is 7.10. The van der Waals surface area contributed by atoms with E-state index in [0.29, 0.717) is 24.6 Å². The molecule has 4 rings (SSSR count). The first-order chi connectivity index (χ1) is 16.4. The first kappa shape index (κ1) is 23.8. The molecule has 34 heavy (non-hydrogen) atoms. The monoisotopic (exact) mass is 478 g/mol. The number of ether oxygens (including phenoxy) is 2. The summed E-state index contributed by atoms with van der Waals surface area (Å²) >= 11 is 1.64. The van der Waals surface area contributed by atoms with Crippen LogP contribution in [0.1, 0.15) is 35.4 Å². The zero-order valence-electron chi connectivity index (χ0n) is 19.8. The predicted molar refractivity (Wildman–Crippen MR) is 133 cm³/mol. The minimum atomic E-state index is -0.0870. The van der Waals surface area contributed by atoms with E-state index < -0.39 is 0 Å². The van der Waals surface area contributed by atoms with Gasteiger partial charge in [0, 0.05) is 17.5 Å². The molecular weight excluding hydrogens is 448 g/mol. The van der Waals surface area contributed by atoms with Crippen LogP contribution < -0.4 is 9.47 Å². The maximum Gasteiger partial charge on any atom is 0.242 e. The van der Waals surface area contributed by atoms with Gasteiger partial charge in [-0.1, -0.05) is 36.4 Å². The highest BCUT2D eigenvalue weighted by Gasteiger charge is 2.25. The minimum absolute atomic E-state index is 0.0400. The topological polar surface area (TPSA) is 59.1 Å². The average Bonchev–Trinajstić information content (AvgIpc) is 3.45. The minimum Gasteiger partial charge on any atom is -0.454 e. The van der Waals surface area contributed by atoms with Gasteiger partial charge in [0.25, 0.3) is 0 Å². The van der Waals surface area contributed by atoms with Crippen LogP contribution in [-0.4, -0.2) is 41.0 Å². The fraction of sp³-hybridized carbons (Fsp3) is 0.333. The molecule has 0 aliphatic carbocycles. The van der Waals surface area contributed by atoms with Crippen LogP contribution in [-0.2, 0) is 29.1 Å². The Morgan fingerprint density at radius 1 is 0.941 bits per heavy atom. The summed E-state index contributed by atoms with van der Waals surface area (Å²) in [5, 5.41) is 2.04. The van der Waals surface area contributed by atoms with Crippen LogP contribution in [0.5, 0.6) is 11.5 Å². The second kappa shape index (κ2) is 10.7. The second-order valence-electron chi connectivity index (χ2n) is 8.74. The predicted octanol–water partition coefficient (Wildman–Crippen LogP) is 4.79. The van der Waals surface area contributed by atoms with Gasteiger partial charge in [-0.3, -0.25) is 9.59 Å². The van der Waals surface area contributed by atoms with E-state index in [-0.39, 0.29) is 37.6 Å². The van der Waals surface area contributed by atoms with Crippen LogP contribution in [0.3, 0.4) is 0 Å². The van der Waals surface area contributed by atoms with E-state index >= 15 is 0 Å². The molecule has 1 aliphatic heterocycles. The Bertz CT molecular complexity index is 1140. The van der Waals surface area contributed by atoms with Gasteiger partial charge in [0.2, 0.25) is 18.6 Å². The number of hydrogen-bond acceptors (Lipinski definition) is 5. The van der Waals surface area contributed by atoms with Crippen molar-refractivity contribution in [3.05, 3.63) is 81.5 Å². The van der Waals surface area contributed by atoms with Crippen LogP contribution in [0.25, 0.3) is 0 Å². The van der Waals surface area contributed by atoms with Gasteiger partial charge in [0.15, 0.2) is 11.5 Å². The van der Waals surface area contributed by atoms with Crippen LogP contribution in [0, 0.1) is 6.92 Å². The summed E-state index contributed by atoms with van der Waals surface area (Å²) in [6.45, 7) is 7.12. The summed E-state index contributed by atoms with van der Waals surface area (Å²) in [6, 6.07) is 17.4. The van der Waals surface area contributed by atoms with Crippen molar-refractivity contribution < 1.29 is 19.1 Å². The van der Waals surface area contributed by atoms with Crippen LogP contribution in [0.4, 0.5) is 0 Å². The van der Waals surface area contributed by atoms with Gasteiger partial charge in [-0.2, -0.15) is 0 Å². The molecule has 0 radical (unpaired) electrons. The highest BCUT2D eigenvalue weighted by Crippen LogP contribution is 2.33. The van der Waals surface area contributed by atoms with Crippen molar-refractivity contribution in [3.8, 4) is 11.5 Å². The van der Waals surface area contributed by atoms with Crippen LogP contribution in [0.15, 0.2) is 60.0 Å². The van der Waals surface area contributed by atoms with Gasteiger partial charge in [-0.25, -0.2) is 0 Å². The van der Waals surface area contributed by atoms with E-state index in [1.807, 2.05) is 72.7 Å². The van der Waals surface area contributed by atoms with Crippen molar-refractivity contribution in [1.82, 2.24) is 9.80 Å². The maximum absolute atomic E-state index is 13.6. The molecule has 0 fully saturated rings. The molecule has 0 unspecified atom stereocenters. The molecule has 178 valence electrons. The summed E-state index contributed by atoms with van der Waals surface area (Å²) in [5.41, 5.74) is 3.06. The normalized spacial score (nSPS) is 12.1. The Morgan fingerprint density at radius 2 is 1.71 bits per heavy atom. The Hall–Kier alpha value is -3.32. The zero-order valence-corrected chi connectivity index (χ0v) is 20.6. The van der Waals surface area contributed by atoms with Crippen molar-refractivity contribution in [2.75, 3.05) is 13.3 Å². The lowest BCUT2D eigenvalue weighted by Gasteiger charge is -2.30. The number of aryl methyl sites for hydroxylation is 1. The van der Waals surface area contributed by atoms with E-state index in [1.165, 1.54) is 0 Å². The molecule has 1 aliphatic rings. The van der Waals surface area contributed by atoms with E-state index in [2.05, 4.69) is 13.0 Å². The number of amides is 2. The van der Waals surface area contributed by atoms with Crippen molar-refractivity contribution in [2.24, 2.45) is 0 Å². The summed E-state index contributed by atoms with van der Waals surface area (Å²) in [5.74, 6) is 1.28. The molecule has 0 saturated carbocycles. The molecule has 3 aromatic rings. The molecule has 2 aromatic carbocycles. The molecule has 0 N–H and O–H groups in total. The molecule has 0 atom stereocenters. The molecule has 0 spiro atoms. The Kier molecular flexibility index (Phi) is 7.53. The van der Waals surface area contributed by atoms with E-state index in [9.17, 15) is 9.59 Å². The lowest BCUT2D eigenvalue weighted by Crippen LogP contribution is -2.46. The first-order valence-corrected chi connectivity index (χ1v) is 12.3. The molecule has 6 nitrogen and oxygen atoms in total. The molecular formula is C27H30N2O4S. The van der Waals surface area contributed by atoms with E-state index in [4.69, 9.17) is 9.47 Å². The smallest absolute Gasteiger partial charge is 0.242 e. The van der Waals surface area contributed by atoms with Gasteiger partial charge in [0.05, 0.1) is 13.0 Å². The van der Waals surface area contributed by atoms with Gasteiger partial charge in [-0.15, -0.1) is 11.3 Å². The molecule has 2 heterocycles. The summed E-state index contributed by atoms with van der Waals surface area (Å²) in [6.07, 6.45) is 0.276. The standard InChI is InChI=1S/C27H30N2O4S/c1-19(2)29(26(30)14-21-7-5-4-6-8-21)17-27(31)28(16-25-20(3)11-12-34-25)15-22-9-10-23-24(13-22)33-18-32-23/h4-13,19H,14-18H2,1-3H3. The number of nitrogens with zero attached hydrogens (tertiary/aromatic N) is 2. The van der Waals surface area contributed by atoms with Gasteiger partial charge < -0.3 is 19.3 Å². The lowest BCUT2D eigenvalue weighted by atomic mass is 10.1. The fourth-order valence-corrected chi connectivity index (χ4v) is 4.83. The quantitative estimate of drug-likeness (QED) is 0.444. The number of hydrogen-bond donors (Lipinski definition) is 0. The largest absolute Gasteiger partial charge is 0.454 e. The third-order valence-electron chi connectivity index (χ3n) is 5.91. The Morgan fingerprint density at radius 3 is 2.41 bits per heavy atom. The fourth-order valence-electron chi connectivity index (χ4n) is 3.91. The van der Waals surface area contributed by atoms with Gasteiger partial charge in [-0.05, 0) is 61.0 Å². The number of benzene rings is 2. The summed E-state index contributed by atoms with van der Waals surface area (Å²) in [4.78, 5) is 31.3. The average molecular weight is 479 g/mol. The van der Waals surface area contributed by atoms with Gasteiger partial charge >= 0.3 is 0 Å². The van der Waals surface area contributed by atoms with Crippen LogP contribution >= 0.6 is 11.3 Å². The Labute approximate surface area is 204 Å². The lowest BCUT2D eigenvalue weighted by molar-refractivity contribution is -0.142.